The van der Waals surface area contributed by atoms with E-state index in [4.69, 9.17) is 17.3 Å². The summed E-state index contributed by atoms with van der Waals surface area (Å²) >= 11 is 5.77. The Morgan fingerprint density at radius 1 is 1.42 bits per heavy atom. The van der Waals surface area contributed by atoms with Gasteiger partial charge in [0.15, 0.2) is 0 Å². The quantitative estimate of drug-likeness (QED) is 0.746. The summed E-state index contributed by atoms with van der Waals surface area (Å²) in [5.41, 5.74) is 6.51. The topological polar surface area (TPSA) is 75.4 Å². The molecule has 0 aliphatic rings. The normalized spacial score (nSPS) is 15.6. The molecule has 3 atom stereocenters. The van der Waals surface area contributed by atoms with E-state index in [-0.39, 0.29) is 18.4 Å². The minimum atomic E-state index is -0.759. The summed E-state index contributed by atoms with van der Waals surface area (Å²) in [7, 11) is 0. The van der Waals surface area contributed by atoms with Gasteiger partial charge in [-0.3, -0.25) is 4.79 Å². The average Bonchev–Trinajstić information content (AvgIpc) is 2.43. The van der Waals surface area contributed by atoms with Crippen LogP contribution in [0, 0.1) is 5.92 Å². The zero-order valence-electron chi connectivity index (χ0n) is 11.3. The van der Waals surface area contributed by atoms with Gasteiger partial charge in [-0.05, 0) is 23.6 Å². The number of carbonyl (C=O) groups excluding carboxylic acids is 1. The minimum absolute atomic E-state index is 0.118. The Bertz CT molecular complexity index is 408. The summed E-state index contributed by atoms with van der Waals surface area (Å²) in [4.78, 5) is 11.8. The average molecular weight is 285 g/mol. The van der Waals surface area contributed by atoms with E-state index < -0.39 is 12.1 Å². The molecule has 19 heavy (non-hydrogen) atoms. The van der Waals surface area contributed by atoms with Gasteiger partial charge in [-0.15, -0.1) is 0 Å². The van der Waals surface area contributed by atoms with Crippen molar-refractivity contribution in [3.63, 3.8) is 0 Å². The van der Waals surface area contributed by atoms with Crippen LogP contribution in [0.25, 0.3) is 0 Å². The van der Waals surface area contributed by atoms with Crippen molar-refractivity contribution in [1.82, 2.24) is 5.32 Å². The highest BCUT2D eigenvalue weighted by atomic mass is 35.5. The molecule has 0 saturated heterocycles. The predicted molar refractivity (Wildman–Crippen MR) is 76.9 cm³/mol. The van der Waals surface area contributed by atoms with Crippen LogP contribution >= 0.6 is 11.6 Å². The molecule has 1 rings (SSSR count). The van der Waals surface area contributed by atoms with Crippen molar-refractivity contribution in [3.8, 4) is 0 Å². The second-order valence-corrected chi connectivity index (χ2v) is 5.16. The van der Waals surface area contributed by atoms with Crippen molar-refractivity contribution in [1.29, 1.82) is 0 Å². The summed E-state index contributed by atoms with van der Waals surface area (Å²) in [5.74, 6) is -0.116. The number of nitrogens with two attached hydrogens (primary N) is 1. The number of rotatable bonds is 6. The van der Waals surface area contributed by atoms with Crippen molar-refractivity contribution < 1.29 is 9.90 Å². The Morgan fingerprint density at radius 2 is 2.00 bits per heavy atom. The molecule has 106 valence electrons. The van der Waals surface area contributed by atoms with E-state index in [2.05, 4.69) is 5.32 Å². The molecule has 0 heterocycles. The molecule has 0 aliphatic heterocycles. The van der Waals surface area contributed by atoms with Gasteiger partial charge in [-0.1, -0.05) is 44.0 Å². The van der Waals surface area contributed by atoms with Gasteiger partial charge in [0.05, 0.1) is 12.1 Å². The van der Waals surface area contributed by atoms with Crippen molar-refractivity contribution in [2.75, 3.05) is 6.54 Å². The Kier molecular flexibility index (Phi) is 6.28. The summed E-state index contributed by atoms with van der Waals surface area (Å²) in [5, 5.41) is 13.2. The van der Waals surface area contributed by atoms with Gasteiger partial charge in [-0.25, -0.2) is 0 Å². The Balaban J connectivity index is 2.48. The van der Waals surface area contributed by atoms with Crippen molar-refractivity contribution >= 4 is 17.5 Å². The number of aliphatic hydroxyl groups excluding tert-OH is 1. The van der Waals surface area contributed by atoms with Crippen LogP contribution < -0.4 is 11.1 Å². The molecule has 0 aromatic heterocycles. The number of benzene rings is 1. The number of amides is 1. The van der Waals surface area contributed by atoms with Gasteiger partial charge < -0.3 is 16.2 Å². The maximum atomic E-state index is 11.8. The third-order valence-corrected chi connectivity index (χ3v) is 3.54. The third-order valence-electron chi connectivity index (χ3n) is 3.28. The lowest BCUT2D eigenvalue weighted by atomic mass is 9.99. The summed E-state index contributed by atoms with van der Waals surface area (Å²) in [6.45, 7) is 4.06. The van der Waals surface area contributed by atoms with Crippen LogP contribution in [0.1, 0.15) is 31.9 Å². The molecule has 0 spiro atoms. The van der Waals surface area contributed by atoms with Gasteiger partial charge in [0.2, 0.25) is 5.91 Å². The molecular weight excluding hydrogens is 264 g/mol. The number of hydrogen-bond donors (Lipinski definition) is 3. The van der Waals surface area contributed by atoms with Gasteiger partial charge in [0.25, 0.3) is 0 Å². The first-order valence-electron chi connectivity index (χ1n) is 6.42. The van der Waals surface area contributed by atoms with Crippen LogP contribution in [-0.4, -0.2) is 23.6 Å². The van der Waals surface area contributed by atoms with Crippen molar-refractivity contribution in [3.05, 3.63) is 34.9 Å². The SMILES string of the molecule is CCC(C)C(N)C(=O)NCC(O)c1ccc(Cl)cc1. The Labute approximate surface area is 118 Å². The molecule has 1 amide bonds. The van der Waals surface area contributed by atoms with Crippen LogP contribution in [0.2, 0.25) is 5.02 Å². The van der Waals surface area contributed by atoms with E-state index in [1.54, 1.807) is 24.3 Å². The first-order chi connectivity index (χ1) is 8.95. The number of nitrogens with one attached hydrogen (secondary N) is 1. The van der Waals surface area contributed by atoms with Crippen LogP contribution in [0.4, 0.5) is 0 Å². The number of carbonyl (C=O) groups is 1. The molecule has 0 radical (unpaired) electrons. The van der Waals surface area contributed by atoms with Gasteiger partial charge in [-0.2, -0.15) is 0 Å². The van der Waals surface area contributed by atoms with Crippen molar-refractivity contribution in [2.45, 2.75) is 32.4 Å². The lowest BCUT2D eigenvalue weighted by Crippen LogP contribution is -2.45. The van der Waals surface area contributed by atoms with E-state index in [0.29, 0.717) is 10.6 Å². The molecule has 0 saturated carbocycles. The molecule has 5 heteroatoms. The summed E-state index contributed by atoms with van der Waals surface area (Å²) < 4.78 is 0. The van der Waals surface area contributed by atoms with Crippen LogP contribution in [0.5, 0.6) is 0 Å². The Morgan fingerprint density at radius 3 is 2.53 bits per heavy atom. The molecule has 4 N–H and O–H groups in total. The maximum absolute atomic E-state index is 11.8. The zero-order valence-corrected chi connectivity index (χ0v) is 12.0. The van der Waals surface area contributed by atoms with Crippen molar-refractivity contribution in [2.24, 2.45) is 11.7 Å². The lowest BCUT2D eigenvalue weighted by Gasteiger charge is -2.19. The molecule has 0 bridgehead atoms. The molecule has 0 aliphatic carbocycles. The highest BCUT2D eigenvalue weighted by Gasteiger charge is 2.20. The second-order valence-electron chi connectivity index (χ2n) is 4.72. The first-order valence-corrected chi connectivity index (χ1v) is 6.80. The molecule has 1 aromatic rings. The molecule has 3 unspecified atom stereocenters. The third kappa shape index (κ3) is 4.82. The standard InChI is InChI=1S/C14H21ClN2O2/c1-3-9(2)13(16)14(19)17-8-12(18)10-4-6-11(15)7-5-10/h4-7,9,12-13,18H,3,8,16H2,1-2H3,(H,17,19). The van der Waals surface area contributed by atoms with Gasteiger partial charge in [0, 0.05) is 11.6 Å². The molecule has 4 nitrogen and oxygen atoms in total. The highest BCUT2D eigenvalue weighted by Crippen LogP contribution is 2.15. The number of aliphatic hydroxyl groups is 1. The van der Waals surface area contributed by atoms with Crippen LogP contribution in [0.15, 0.2) is 24.3 Å². The molecule has 1 aromatic carbocycles. The fourth-order valence-electron chi connectivity index (χ4n) is 1.63. The van der Waals surface area contributed by atoms with Crippen LogP contribution in [-0.2, 0) is 4.79 Å². The zero-order chi connectivity index (χ0) is 14.4. The Hall–Kier alpha value is -1.10. The van der Waals surface area contributed by atoms with E-state index >= 15 is 0 Å². The lowest BCUT2D eigenvalue weighted by molar-refractivity contribution is -0.123. The predicted octanol–water partition coefficient (Wildman–Crippen LogP) is 1.86. The summed E-state index contributed by atoms with van der Waals surface area (Å²) in [6.07, 6.45) is 0.0827. The first kappa shape index (κ1) is 16.0. The van der Waals surface area contributed by atoms with E-state index in [9.17, 15) is 9.90 Å². The highest BCUT2D eigenvalue weighted by molar-refractivity contribution is 6.30. The fraction of sp³-hybridized carbons (Fsp3) is 0.500. The summed E-state index contributed by atoms with van der Waals surface area (Å²) in [6, 6.07) is 6.32. The largest absolute Gasteiger partial charge is 0.387 e. The van der Waals surface area contributed by atoms with Crippen LogP contribution in [0.3, 0.4) is 0 Å². The maximum Gasteiger partial charge on any atom is 0.237 e. The minimum Gasteiger partial charge on any atom is -0.387 e. The van der Waals surface area contributed by atoms with Gasteiger partial charge >= 0.3 is 0 Å². The van der Waals surface area contributed by atoms with E-state index in [1.807, 2.05) is 13.8 Å². The fourth-order valence-corrected chi connectivity index (χ4v) is 1.76. The van der Waals surface area contributed by atoms with E-state index in [1.165, 1.54) is 0 Å². The molecule has 0 fully saturated rings. The number of halogens is 1. The smallest absolute Gasteiger partial charge is 0.237 e. The second kappa shape index (κ2) is 7.48. The molecular formula is C14H21ClN2O2. The van der Waals surface area contributed by atoms with Gasteiger partial charge in [0.1, 0.15) is 0 Å². The number of hydrogen-bond acceptors (Lipinski definition) is 3. The monoisotopic (exact) mass is 284 g/mol. The van der Waals surface area contributed by atoms with E-state index in [0.717, 1.165) is 6.42 Å².